The van der Waals surface area contributed by atoms with Crippen molar-refractivity contribution in [3.8, 4) is 0 Å². The molecule has 0 aliphatic carbocycles. The van der Waals surface area contributed by atoms with E-state index in [4.69, 9.17) is 49.0 Å². The number of benzene rings is 2. The summed E-state index contributed by atoms with van der Waals surface area (Å²) >= 11 is 16.5. The molecule has 2 aromatic rings. The maximum absolute atomic E-state index is 10.6. The maximum Gasteiger partial charge on any atom is 0.311 e. The van der Waals surface area contributed by atoms with E-state index in [0.29, 0.717) is 5.02 Å². The summed E-state index contributed by atoms with van der Waals surface area (Å²) < 4.78 is 15.5. The third kappa shape index (κ3) is 5.18. The Morgan fingerprint density at radius 3 is 1.83 bits per heavy atom. The van der Waals surface area contributed by atoms with Crippen molar-refractivity contribution < 1.29 is 19.0 Å². The first-order chi connectivity index (χ1) is 11.4. The van der Waals surface area contributed by atoms with Crippen LogP contribution >= 0.6 is 34.8 Å². The van der Waals surface area contributed by atoms with E-state index in [0.717, 1.165) is 5.56 Å². The fourth-order valence-electron chi connectivity index (χ4n) is 1.90. The van der Waals surface area contributed by atoms with Crippen molar-refractivity contribution in [3.05, 3.63) is 69.7 Å². The zero-order valence-corrected chi connectivity index (χ0v) is 15.7. The second-order valence-electron chi connectivity index (χ2n) is 4.41. The molecule has 0 amide bonds. The highest BCUT2D eigenvalue weighted by molar-refractivity contribution is 6.69. The lowest BCUT2D eigenvalue weighted by Crippen LogP contribution is -2.32. The van der Waals surface area contributed by atoms with Crippen LogP contribution in [0.5, 0.6) is 0 Å². The summed E-state index contributed by atoms with van der Waals surface area (Å²) in [4.78, 5) is 10.6. The third-order valence-electron chi connectivity index (χ3n) is 3.10. The Hall–Kier alpha value is -1.14. The Labute approximate surface area is 156 Å². The van der Waals surface area contributed by atoms with Gasteiger partial charge in [0, 0.05) is 26.9 Å². The van der Waals surface area contributed by atoms with Crippen molar-refractivity contribution in [1.29, 1.82) is 0 Å². The molecule has 0 aliphatic heterocycles. The van der Waals surface area contributed by atoms with Gasteiger partial charge in [-0.1, -0.05) is 59.6 Å². The molecule has 0 unspecified atom stereocenters. The van der Waals surface area contributed by atoms with Crippen LogP contribution in [0.4, 0.5) is 0 Å². The topological polar surface area (TPSA) is 44.8 Å². The summed E-state index contributed by atoms with van der Waals surface area (Å²) in [6.45, 7) is 0. The lowest BCUT2D eigenvalue weighted by Gasteiger charge is -2.28. The van der Waals surface area contributed by atoms with Gasteiger partial charge < -0.3 is 14.2 Å². The van der Waals surface area contributed by atoms with Gasteiger partial charge in [-0.2, -0.15) is 0 Å². The highest BCUT2D eigenvalue weighted by atomic mass is 35.5. The van der Waals surface area contributed by atoms with Gasteiger partial charge in [-0.15, -0.1) is 0 Å². The van der Waals surface area contributed by atoms with Crippen LogP contribution in [-0.4, -0.2) is 26.6 Å². The van der Waals surface area contributed by atoms with Gasteiger partial charge in [0.25, 0.3) is 5.24 Å². The minimum atomic E-state index is -1.08. The quantitative estimate of drug-likeness (QED) is 0.525. The molecule has 0 saturated heterocycles. The second-order valence-corrected chi connectivity index (χ2v) is 5.54. The largest absolute Gasteiger partial charge is 0.327 e. The summed E-state index contributed by atoms with van der Waals surface area (Å²) in [5.41, 5.74) is 1.07. The van der Waals surface area contributed by atoms with Crippen molar-refractivity contribution in [2.75, 3.05) is 21.3 Å². The Morgan fingerprint density at radius 2 is 1.42 bits per heavy atom. The number of ether oxygens (including phenoxy) is 3. The predicted molar refractivity (Wildman–Crippen MR) is 95.8 cm³/mol. The van der Waals surface area contributed by atoms with Crippen LogP contribution in [-0.2, 0) is 20.2 Å². The van der Waals surface area contributed by atoms with E-state index in [1.165, 1.54) is 6.07 Å². The summed E-state index contributed by atoms with van der Waals surface area (Å²) in [6.07, 6.45) is 0. The predicted octanol–water partition coefficient (Wildman–Crippen LogP) is 5.11. The van der Waals surface area contributed by atoms with E-state index in [9.17, 15) is 4.79 Å². The molecule has 7 heteroatoms. The molecule has 0 aromatic heterocycles. The van der Waals surface area contributed by atoms with Gasteiger partial charge in [0.15, 0.2) is 0 Å². The molecule has 0 bridgehead atoms. The maximum atomic E-state index is 10.6. The van der Waals surface area contributed by atoms with Crippen molar-refractivity contribution in [2.45, 2.75) is 5.97 Å². The number of carbonyl (C=O) groups excluding carboxylic acids is 1. The molecule has 0 radical (unpaired) electrons. The Kier molecular flexibility index (Phi) is 8.70. The minimum absolute atomic E-state index is 0.203. The normalized spacial score (nSPS) is 10.8. The van der Waals surface area contributed by atoms with Crippen LogP contribution in [0.15, 0.2) is 48.5 Å². The van der Waals surface area contributed by atoms with E-state index < -0.39 is 11.2 Å². The van der Waals surface area contributed by atoms with E-state index in [1.807, 2.05) is 30.3 Å². The molecule has 0 N–H and O–H groups in total. The lowest BCUT2D eigenvalue weighted by atomic mass is 10.2. The fourth-order valence-corrected chi connectivity index (χ4v) is 2.49. The van der Waals surface area contributed by atoms with Gasteiger partial charge >= 0.3 is 5.97 Å². The average molecular weight is 392 g/mol. The Balaban J connectivity index is 0.000000243. The zero-order valence-electron chi connectivity index (χ0n) is 13.4. The van der Waals surface area contributed by atoms with Crippen molar-refractivity contribution in [2.24, 2.45) is 0 Å². The van der Waals surface area contributed by atoms with Gasteiger partial charge in [0.2, 0.25) is 0 Å². The first-order valence-corrected chi connectivity index (χ1v) is 7.90. The van der Waals surface area contributed by atoms with Crippen LogP contribution in [0.25, 0.3) is 0 Å². The first-order valence-electron chi connectivity index (χ1n) is 6.76. The lowest BCUT2D eigenvalue weighted by molar-refractivity contribution is -0.364. The highest BCUT2D eigenvalue weighted by Crippen LogP contribution is 2.27. The molecule has 0 heterocycles. The minimum Gasteiger partial charge on any atom is -0.327 e. The number of halogens is 3. The second kappa shape index (κ2) is 9.99. The summed E-state index contributed by atoms with van der Waals surface area (Å²) in [7, 11) is 4.62. The molecule has 0 atom stereocenters. The van der Waals surface area contributed by atoms with Crippen LogP contribution in [0, 0.1) is 0 Å². The Morgan fingerprint density at radius 1 is 0.875 bits per heavy atom. The molecule has 4 nitrogen and oxygen atoms in total. The van der Waals surface area contributed by atoms with Crippen molar-refractivity contribution in [1.82, 2.24) is 0 Å². The van der Waals surface area contributed by atoms with E-state index in [1.54, 1.807) is 33.5 Å². The zero-order chi connectivity index (χ0) is 18.2. The van der Waals surface area contributed by atoms with Crippen LogP contribution < -0.4 is 0 Å². The standard InChI is InChI=1S/C10H14O3.C7H3Cl3O/c1-11-10(12-2,13-3)9-7-5-4-6-8-9;8-5-3-1-2-4(6(5)9)7(10)11/h4-8H,1-3H3;1-3H. The molecule has 2 rings (SSSR count). The molecule has 0 aliphatic rings. The fraction of sp³-hybridized carbons (Fsp3) is 0.235. The van der Waals surface area contributed by atoms with Crippen molar-refractivity contribution >= 4 is 40.0 Å². The number of rotatable bonds is 5. The summed E-state index contributed by atoms with van der Waals surface area (Å²) in [5, 5.41) is -0.0650. The summed E-state index contributed by atoms with van der Waals surface area (Å²) in [6, 6.07) is 14.2. The van der Waals surface area contributed by atoms with Crippen LogP contribution in [0.1, 0.15) is 15.9 Å². The first kappa shape index (κ1) is 20.9. The van der Waals surface area contributed by atoms with Crippen LogP contribution in [0.3, 0.4) is 0 Å². The monoisotopic (exact) mass is 390 g/mol. The van der Waals surface area contributed by atoms with Gasteiger partial charge in [0.1, 0.15) is 0 Å². The van der Waals surface area contributed by atoms with Gasteiger partial charge in [-0.3, -0.25) is 4.79 Å². The van der Waals surface area contributed by atoms with E-state index >= 15 is 0 Å². The molecular formula is C17H17Cl3O4. The van der Waals surface area contributed by atoms with Crippen LogP contribution in [0.2, 0.25) is 10.0 Å². The molecular weight excluding hydrogens is 375 g/mol. The number of methoxy groups -OCH3 is 3. The molecule has 0 fully saturated rings. The smallest absolute Gasteiger partial charge is 0.311 e. The van der Waals surface area contributed by atoms with Gasteiger partial charge in [-0.25, -0.2) is 0 Å². The average Bonchev–Trinajstić information content (AvgIpc) is 2.61. The highest BCUT2D eigenvalue weighted by Gasteiger charge is 2.31. The van der Waals surface area contributed by atoms with E-state index in [-0.39, 0.29) is 10.6 Å². The van der Waals surface area contributed by atoms with Gasteiger partial charge in [-0.05, 0) is 23.7 Å². The number of hydrogen-bond acceptors (Lipinski definition) is 4. The van der Waals surface area contributed by atoms with Crippen molar-refractivity contribution in [3.63, 3.8) is 0 Å². The molecule has 0 spiro atoms. The number of carbonyl (C=O) groups is 1. The molecule has 130 valence electrons. The Bertz CT molecular complexity index is 650. The molecule has 2 aromatic carbocycles. The SMILES string of the molecule is COC(OC)(OC)c1ccccc1.O=C(Cl)c1cccc(Cl)c1Cl. The number of hydrogen-bond donors (Lipinski definition) is 0. The summed E-state index contributed by atoms with van der Waals surface area (Å²) in [5.74, 6) is -1.08. The van der Waals surface area contributed by atoms with E-state index in [2.05, 4.69) is 0 Å². The van der Waals surface area contributed by atoms with Gasteiger partial charge in [0.05, 0.1) is 15.6 Å². The molecule has 0 saturated carbocycles. The molecule has 24 heavy (non-hydrogen) atoms. The third-order valence-corrected chi connectivity index (χ3v) is 4.12.